The number of nitrogens with one attached hydrogen (secondary N) is 1. The zero-order valence-corrected chi connectivity index (χ0v) is 10.7. The maximum absolute atomic E-state index is 12.0. The Balaban J connectivity index is 2.64. The largest absolute Gasteiger partial charge is 0.401 e. The van der Waals surface area contributed by atoms with E-state index in [-0.39, 0.29) is 13.0 Å². The van der Waals surface area contributed by atoms with Gasteiger partial charge in [-0.05, 0) is 12.1 Å². The summed E-state index contributed by atoms with van der Waals surface area (Å²) < 4.78 is 36.0. The lowest BCUT2D eigenvalue weighted by molar-refractivity contribution is -0.127. The second-order valence-electron chi connectivity index (χ2n) is 4.01. The fourth-order valence-electron chi connectivity index (χ4n) is 1.57. The van der Waals surface area contributed by atoms with E-state index in [0.29, 0.717) is 5.69 Å². The Labute approximate surface area is 114 Å². The van der Waals surface area contributed by atoms with E-state index in [1.807, 2.05) is 6.07 Å². The summed E-state index contributed by atoms with van der Waals surface area (Å²) in [6, 6.07) is 10.4. The van der Waals surface area contributed by atoms with Gasteiger partial charge in [-0.1, -0.05) is 18.2 Å². The molecule has 20 heavy (non-hydrogen) atoms. The predicted octanol–water partition coefficient (Wildman–Crippen LogP) is 2.09. The number of alkyl halides is 3. The minimum Gasteiger partial charge on any atom is -0.310 e. The van der Waals surface area contributed by atoms with Crippen molar-refractivity contribution in [2.45, 2.75) is 12.6 Å². The van der Waals surface area contributed by atoms with Crippen LogP contribution in [0.5, 0.6) is 0 Å². The number of para-hydroxylation sites is 1. The van der Waals surface area contributed by atoms with Crippen molar-refractivity contribution in [2.24, 2.45) is 0 Å². The third kappa shape index (κ3) is 5.71. The van der Waals surface area contributed by atoms with Crippen molar-refractivity contribution >= 4 is 11.6 Å². The summed E-state index contributed by atoms with van der Waals surface area (Å²) in [5, 5.41) is 10.6. The lowest BCUT2D eigenvalue weighted by Gasteiger charge is -2.22. The second kappa shape index (κ2) is 7.50. The minimum atomic E-state index is -4.36. The number of nitrogens with zero attached hydrogens (tertiary/aromatic N) is 2. The molecule has 0 fully saturated rings. The number of carbonyl (C=O) groups is 1. The molecule has 108 valence electrons. The van der Waals surface area contributed by atoms with Gasteiger partial charge in [0, 0.05) is 12.2 Å². The SMILES string of the molecule is N#CCCN(C(=O)CNCC(F)(F)F)c1ccccc1. The Hall–Kier alpha value is -2.07. The number of benzene rings is 1. The van der Waals surface area contributed by atoms with Crippen LogP contribution in [-0.4, -0.2) is 31.7 Å². The van der Waals surface area contributed by atoms with Crippen LogP contribution < -0.4 is 10.2 Å². The highest BCUT2D eigenvalue weighted by Gasteiger charge is 2.27. The molecule has 0 heterocycles. The molecule has 0 spiro atoms. The number of amides is 1. The molecule has 1 aromatic rings. The summed E-state index contributed by atoms with van der Waals surface area (Å²) in [5.41, 5.74) is 0.557. The number of nitriles is 1. The normalized spacial score (nSPS) is 10.9. The molecular formula is C13H14F3N3O. The lowest BCUT2D eigenvalue weighted by Crippen LogP contribution is -2.41. The molecule has 0 atom stereocenters. The summed E-state index contributed by atoms with van der Waals surface area (Å²) in [6.07, 6.45) is -4.25. The Morgan fingerprint density at radius 2 is 1.95 bits per heavy atom. The first-order valence-electron chi connectivity index (χ1n) is 5.94. The van der Waals surface area contributed by atoms with Gasteiger partial charge in [-0.2, -0.15) is 18.4 Å². The van der Waals surface area contributed by atoms with Crippen LogP contribution in [0.3, 0.4) is 0 Å². The van der Waals surface area contributed by atoms with Crippen LogP contribution in [0.1, 0.15) is 6.42 Å². The molecule has 1 rings (SSSR count). The zero-order valence-electron chi connectivity index (χ0n) is 10.7. The van der Waals surface area contributed by atoms with Crippen LogP contribution in [0.25, 0.3) is 0 Å². The molecule has 1 amide bonds. The molecule has 0 aliphatic carbocycles. The van der Waals surface area contributed by atoms with Gasteiger partial charge in [0.05, 0.1) is 25.6 Å². The molecule has 4 nitrogen and oxygen atoms in total. The van der Waals surface area contributed by atoms with Gasteiger partial charge in [0.15, 0.2) is 0 Å². The number of halogens is 3. The topological polar surface area (TPSA) is 56.1 Å². The van der Waals surface area contributed by atoms with Crippen molar-refractivity contribution in [3.05, 3.63) is 30.3 Å². The molecule has 1 aromatic carbocycles. The average Bonchev–Trinajstić information content (AvgIpc) is 2.39. The van der Waals surface area contributed by atoms with E-state index in [2.05, 4.69) is 5.32 Å². The van der Waals surface area contributed by atoms with E-state index in [1.54, 1.807) is 30.3 Å². The van der Waals surface area contributed by atoms with Crippen LogP contribution in [0.15, 0.2) is 30.3 Å². The fourth-order valence-corrected chi connectivity index (χ4v) is 1.57. The van der Waals surface area contributed by atoms with Gasteiger partial charge >= 0.3 is 6.18 Å². The first-order chi connectivity index (χ1) is 9.44. The van der Waals surface area contributed by atoms with E-state index in [0.717, 1.165) is 0 Å². The molecule has 0 aliphatic rings. The van der Waals surface area contributed by atoms with Crippen molar-refractivity contribution in [1.29, 1.82) is 5.26 Å². The number of hydrogen-bond acceptors (Lipinski definition) is 3. The monoisotopic (exact) mass is 285 g/mol. The van der Waals surface area contributed by atoms with Gasteiger partial charge in [-0.3, -0.25) is 4.79 Å². The third-order valence-corrected chi connectivity index (χ3v) is 2.42. The molecular weight excluding hydrogens is 271 g/mol. The van der Waals surface area contributed by atoms with Crippen molar-refractivity contribution in [3.8, 4) is 6.07 Å². The first kappa shape index (κ1) is 16.0. The Morgan fingerprint density at radius 1 is 1.30 bits per heavy atom. The van der Waals surface area contributed by atoms with Gasteiger partial charge in [0.25, 0.3) is 0 Å². The van der Waals surface area contributed by atoms with Crippen LogP contribution in [0, 0.1) is 11.3 Å². The van der Waals surface area contributed by atoms with E-state index in [1.165, 1.54) is 4.90 Å². The summed E-state index contributed by atoms with van der Waals surface area (Å²) in [4.78, 5) is 13.2. The second-order valence-corrected chi connectivity index (χ2v) is 4.01. The molecule has 0 saturated carbocycles. The number of carbonyl (C=O) groups excluding carboxylic acids is 1. The number of rotatable bonds is 6. The van der Waals surface area contributed by atoms with E-state index >= 15 is 0 Å². The van der Waals surface area contributed by atoms with Gasteiger partial charge in [-0.25, -0.2) is 0 Å². The zero-order chi connectivity index (χ0) is 15.0. The molecule has 0 saturated heterocycles. The Kier molecular flexibility index (Phi) is 6.00. The fraction of sp³-hybridized carbons (Fsp3) is 0.385. The van der Waals surface area contributed by atoms with E-state index in [4.69, 9.17) is 5.26 Å². The highest BCUT2D eigenvalue weighted by molar-refractivity contribution is 5.94. The van der Waals surface area contributed by atoms with Gasteiger partial charge in [0.2, 0.25) is 5.91 Å². The first-order valence-corrected chi connectivity index (χ1v) is 5.94. The van der Waals surface area contributed by atoms with E-state index in [9.17, 15) is 18.0 Å². The number of anilines is 1. The van der Waals surface area contributed by atoms with E-state index < -0.39 is 25.2 Å². The summed E-state index contributed by atoms with van der Waals surface area (Å²) in [5.74, 6) is -0.504. The van der Waals surface area contributed by atoms with Gasteiger partial charge in [0.1, 0.15) is 0 Å². The quantitative estimate of drug-likeness (QED) is 0.870. The van der Waals surface area contributed by atoms with Crippen molar-refractivity contribution < 1.29 is 18.0 Å². The van der Waals surface area contributed by atoms with Crippen LogP contribution >= 0.6 is 0 Å². The summed E-state index contributed by atoms with van der Waals surface area (Å²) in [6.45, 7) is -1.51. The van der Waals surface area contributed by atoms with Gasteiger partial charge in [-0.15, -0.1) is 0 Å². The van der Waals surface area contributed by atoms with Crippen LogP contribution in [0.2, 0.25) is 0 Å². The minimum absolute atomic E-state index is 0.111. The van der Waals surface area contributed by atoms with Crippen molar-refractivity contribution in [2.75, 3.05) is 24.5 Å². The number of hydrogen-bond donors (Lipinski definition) is 1. The molecule has 0 aliphatic heterocycles. The van der Waals surface area contributed by atoms with Gasteiger partial charge < -0.3 is 10.2 Å². The maximum Gasteiger partial charge on any atom is 0.401 e. The highest BCUT2D eigenvalue weighted by atomic mass is 19.4. The molecule has 1 N–H and O–H groups in total. The molecule has 0 radical (unpaired) electrons. The van der Waals surface area contributed by atoms with Crippen LogP contribution in [-0.2, 0) is 4.79 Å². The summed E-state index contributed by atoms with van der Waals surface area (Å²) in [7, 11) is 0. The molecule has 0 bridgehead atoms. The molecule has 0 aromatic heterocycles. The molecule has 7 heteroatoms. The van der Waals surface area contributed by atoms with Crippen molar-refractivity contribution in [3.63, 3.8) is 0 Å². The Morgan fingerprint density at radius 3 is 2.50 bits per heavy atom. The van der Waals surface area contributed by atoms with Crippen LogP contribution in [0.4, 0.5) is 18.9 Å². The summed E-state index contributed by atoms with van der Waals surface area (Å²) >= 11 is 0. The van der Waals surface area contributed by atoms with Crippen molar-refractivity contribution in [1.82, 2.24) is 5.32 Å². The Bertz CT molecular complexity index is 468. The standard InChI is InChI=1S/C13H14F3N3O/c14-13(15,16)10-18-9-12(20)19(8-4-7-17)11-5-2-1-3-6-11/h1-3,5-6,18H,4,8-10H2. The maximum atomic E-state index is 12.0. The smallest absolute Gasteiger partial charge is 0.310 e. The molecule has 0 unspecified atom stereocenters. The predicted molar refractivity (Wildman–Crippen MR) is 67.9 cm³/mol. The average molecular weight is 285 g/mol. The highest BCUT2D eigenvalue weighted by Crippen LogP contribution is 2.14. The lowest BCUT2D eigenvalue weighted by atomic mass is 10.2. The third-order valence-electron chi connectivity index (χ3n) is 2.42.